The molecule has 1 aromatic carbocycles. The van der Waals surface area contributed by atoms with Crippen molar-refractivity contribution in [3.05, 3.63) is 47.0 Å². The molecule has 2 unspecified atom stereocenters. The lowest BCUT2D eigenvalue weighted by Crippen LogP contribution is -2.50. The maximum atomic E-state index is 12.3. The topological polar surface area (TPSA) is 165 Å². The van der Waals surface area contributed by atoms with E-state index in [9.17, 15) is 19.5 Å². The molecular weight excluding hydrogens is 450 g/mol. The number of oxime groups is 1. The Morgan fingerprint density at radius 1 is 1.27 bits per heavy atom. The van der Waals surface area contributed by atoms with Gasteiger partial charge in [0.2, 0.25) is 6.10 Å². The zero-order chi connectivity index (χ0) is 23.6. The van der Waals surface area contributed by atoms with Crippen molar-refractivity contribution in [2.75, 3.05) is 12.3 Å². The molecule has 12 heteroatoms. The molecule has 11 nitrogen and oxygen atoms in total. The van der Waals surface area contributed by atoms with Crippen molar-refractivity contribution in [2.45, 2.75) is 44.4 Å². The lowest BCUT2D eigenvalue weighted by Gasteiger charge is -2.16. The molecule has 0 radical (unpaired) electrons. The molecule has 0 fully saturated rings. The fourth-order valence-corrected chi connectivity index (χ4v) is 3.65. The number of benzene rings is 1. The minimum Gasteiger partial charge on any atom is -0.480 e. The standard InChI is InChI=1S/C21H25N5O6S/c22-20-24-15(12-33-20)8-4-7-14-9-17(32-26-14)18(27)23-10-16(19(28)29)25-21(30)31-11-13-5-2-1-3-6-13/h1-3,5-6,12,16-17H,4,7-11H2,(H2,22,24)(H,23,27)(H,25,30)(H,28,29). The van der Waals surface area contributed by atoms with E-state index in [1.54, 1.807) is 24.3 Å². The van der Waals surface area contributed by atoms with Gasteiger partial charge >= 0.3 is 12.1 Å². The third kappa shape index (κ3) is 7.75. The highest BCUT2D eigenvalue weighted by Crippen LogP contribution is 2.17. The van der Waals surface area contributed by atoms with Crippen LogP contribution in [0.15, 0.2) is 40.9 Å². The molecule has 33 heavy (non-hydrogen) atoms. The Labute approximate surface area is 194 Å². The molecule has 0 aliphatic carbocycles. The highest BCUT2D eigenvalue weighted by atomic mass is 32.1. The van der Waals surface area contributed by atoms with Crippen LogP contribution in [0.3, 0.4) is 0 Å². The molecule has 0 saturated carbocycles. The van der Waals surface area contributed by atoms with Gasteiger partial charge in [0.15, 0.2) is 5.13 Å². The van der Waals surface area contributed by atoms with Crippen LogP contribution in [0.2, 0.25) is 0 Å². The number of aromatic nitrogens is 1. The molecule has 0 spiro atoms. The number of aliphatic carboxylic acids is 1. The van der Waals surface area contributed by atoms with Crippen molar-refractivity contribution >= 4 is 40.1 Å². The first-order valence-electron chi connectivity index (χ1n) is 10.3. The highest BCUT2D eigenvalue weighted by molar-refractivity contribution is 7.13. The molecule has 176 valence electrons. The highest BCUT2D eigenvalue weighted by Gasteiger charge is 2.29. The number of carbonyl (C=O) groups excluding carboxylic acids is 2. The van der Waals surface area contributed by atoms with Gasteiger partial charge in [-0.25, -0.2) is 14.6 Å². The number of ether oxygens (including phenoxy) is 1. The number of rotatable bonds is 11. The van der Waals surface area contributed by atoms with Crippen molar-refractivity contribution in [1.29, 1.82) is 0 Å². The summed E-state index contributed by atoms with van der Waals surface area (Å²) in [6.07, 6.45) is 0.758. The molecule has 2 heterocycles. The van der Waals surface area contributed by atoms with Crippen molar-refractivity contribution in [3.63, 3.8) is 0 Å². The van der Waals surface area contributed by atoms with E-state index < -0.39 is 30.1 Å². The van der Waals surface area contributed by atoms with Crippen LogP contribution in [0.25, 0.3) is 0 Å². The average Bonchev–Trinajstić information content (AvgIpc) is 3.44. The Hall–Kier alpha value is -3.67. The normalized spacial score (nSPS) is 15.8. The molecule has 1 aromatic heterocycles. The summed E-state index contributed by atoms with van der Waals surface area (Å²) < 4.78 is 5.02. The Bertz CT molecular complexity index is 996. The van der Waals surface area contributed by atoms with Crippen LogP contribution in [0.4, 0.5) is 9.93 Å². The summed E-state index contributed by atoms with van der Waals surface area (Å²) in [5.74, 6) is -1.81. The minimum absolute atomic E-state index is 0.00272. The average molecular weight is 476 g/mol. The second kappa shape index (κ2) is 11.8. The van der Waals surface area contributed by atoms with Crippen molar-refractivity contribution in [2.24, 2.45) is 5.16 Å². The van der Waals surface area contributed by atoms with Gasteiger partial charge in [-0.15, -0.1) is 11.3 Å². The number of nitrogens with one attached hydrogen (secondary N) is 2. The molecule has 2 amide bonds. The molecule has 2 atom stereocenters. The number of nitrogen functional groups attached to an aromatic ring is 1. The lowest BCUT2D eigenvalue weighted by molar-refractivity contribution is -0.139. The van der Waals surface area contributed by atoms with Gasteiger partial charge in [0, 0.05) is 18.3 Å². The number of alkyl carbamates (subject to hydrolysis) is 1. The van der Waals surface area contributed by atoms with Gasteiger partial charge in [-0.1, -0.05) is 35.5 Å². The number of amides is 2. The zero-order valence-corrected chi connectivity index (χ0v) is 18.5. The maximum absolute atomic E-state index is 12.3. The summed E-state index contributed by atoms with van der Waals surface area (Å²) in [7, 11) is 0. The number of thiazole rings is 1. The number of hydrogen-bond acceptors (Lipinski definition) is 9. The summed E-state index contributed by atoms with van der Waals surface area (Å²) in [4.78, 5) is 45.1. The van der Waals surface area contributed by atoms with Gasteiger partial charge in [-0.3, -0.25) is 4.79 Å². The molecule has 5 N–H and O–H groups in total. The number of carbonyl (C=O) groups is 3. The summed E-state index contributed by atoms with van der Waals surface area (Å²) in [6.45, 7) is -0.327. The van der Waals surface area contributed by atoms with E-state index >= 15 is 0 Å². The quantitative estimate of drug-likeness (QED) is 0.381. The molecule has 2 aromatic rings. The third-order valence-corrected chi connectivity index (χ3v) is 5.50. The van der Waals surface area contributed by atoms with Crippen LogP contribution in [-0.2, 0) is 32.2 Å². The van der Waals surface area contributed by atoms with E-state index in [0.717, 1.165) is 29.8 Å². The Balaban J connectivity index is 1.36. The van der Waals surface area contributed by atoms with E-state index in [0.29, 0.717) is 18.0 Å². The number of nitrogens with two attached hydrogens (primary N) is 1. The van der Waals surface area contributed by atoms with E-state index in [1.165, 1.54) is 11.3 Å². The Morgan fingerprint density at radius 3 is 2.76 bits per heavy atom. The van der Waals surface area contributed by atoms with E-state index in [-0.39, 0.29) is 13.2 Å². The summed E-state index contributed by atoms with van der Waals surface area (Å²) in [5.41, 5.74) is 8.04. The SMILES string of the molecule is Nc1nc(CCCC2=NOC(C(=O)NCC(NC(=O)OCc3ccccc3)C(=O)O)C2)cs1. The largest absolute Gasteiger partial charge is 0.480 e. The first kappa shape index (κ1) is 24.0. The molecule has 1 aliphatic rings. The van der Waals surface area contributed by atoms with Gasteiger partial charge < -0.3 is 31.0 Å². The van der Waals surface area contributed by atoms with Crippen molar-refractivity contribution < 1.29 is 29.1 Å². The minimum atomic E-state index is -1.36. The van der Waals surface area contributed by atoms with E-state index in [4.69, 9.17) is 15.3 Å². The molecule has 3 rings (SSSR count). The van der Waals surface area contributed by atoms with Gasteiger partial charge in [-0.2, -0.15) is 0 Å². The summed E-state index contributed by atoms with van der Waals surface area (Å²) in [6, 6.07) is 7.61. The maximum Gasteiger partial charge on any atom is 0.408 e. The monoisotopic (exact) mass is 475 g/mol. The predicted molar refractivity (Wildman–Crippen MR) is 121 cm³/mol. The summed E-state index contributed by atoms with van der Waals surface area (Å²) in [5, 5.41) is 20.4. The number of aryl methyl sites for hydroxylation is 1. The number of nitrogens with zero attached hydrogens (tertiary/aromatic N) is 2. The third-order valence-electron chi connectivity index (χ3n) is 4.77. The van der Waals surface area contributed by atoms with Crippen LogP contribution in [0.5, 0.6) is 0 Å². The number of anilines is 1. The molecule has 0 bridgehead atoms. The molecule has 1 aliphatic heterocycles. The second-order valence-electron chi connectivity index (χ2n) is 7.33. The van der Waals surface area contributed by atoms with Crippen LogP contribution in [0, 0.1) is 0 Å². The fourth-order valence-electron chi connectivity index (χ4n) is 3.05. The smallest absolute Gasteiger partial charge is 0.408 e. The first-order valence-corrected chi connectivity index (χ1v) is 11.2. The first-order chi connectivity index (χ1) is 15.9. The van der Waals surface area contributed by atoms with E-state index in [1.807, 2.05) is 11.4 Å². The fraction of sp³-hybridized carbons (Fsp3) is 0.381. The van der Waals surface area contributed by atoms with Crippen LogP contribution >= 0.6 is 11.3 Å². The predicted octanol–water partition coefficient (Wildman–Crippen LogP) is 1.69. The van der Waals surface area contributed by atoms with E-state index in [2.05, 4.69) is 20.8 Å². The molecule has 0 saturated heterocycles. The number of hydrogen-bond donors (Lipinski definition) is 4. The lowest BCUT2D eigenvalue weighted by atomic mass is 10.1. The van der Waals surface area contributed by atoms with Crippen molar-refractivity contribution in [1.82, 2.24) is 15.6 Å². The second-order valence-corrected chi connectivity index (χ2v) is 8.22. The van der Waals surface area contributed by atoms with Crippen LogP contribution in [-0.4, -0.2) is 52.5 Å². The molecular formula is C21H25N5O6S. The van der Waals surface area contributed by atoms with Crippen LogP contribution < -0.4 is 16.4 Å². The van der Waals surface area contributed by atoms with Crippen LogP contribution in [0.1, 0.15) is 30.5 Å². The zero-order valence-electron chi connectivity index (χ0n) is 17.7. The van der Waals surface area contributed by atoms with Gasteiger partial charge in [0.1, 0.15) is 12.6 Å². The van der Waals surface area contributed by atoms with Gasteiger partial charge in [0.05, 0.1) is 11.4 Å². The van der Waals surface area contributed by atoms with Crippen molar-refractivity contribution in [3.8, 4) is 0 Å². The van der Waals surface area contributed by atoms with Gasteiger partial charge in [0.25, 0.3) is 5.91 Å². The van der Waals surface area contributed by atoms with Gasteiger partial charge in [-0.05, 0) is 24.8 Å². The Morgan fingerprint density at radius 2 is 2.06 bits per heavy atom. The summed E-state index contributed by atoms with van der Waals surface area (Å²) >= 11 is 1.39. The number of carboxylic acids is 1. The Kier molecular flexibility index (Phi) is 8.58. The number of carboxylic acid groups (broad SMARTS) is 1.